The second-order valence-electron chi connectivity index (χ2n) is 7.10. The summed E-state index contributed by atoms with van der Waals surface area (Å²) in [7, 11) is 0. The highest BCUT2D eigenvalue weighted by molar-refractivity contribution is 5.94. The van der Waals surface area contributed by atoms with Gasteiger partial charge >= 0.3 is 0 Å². The molecule has 0 spiro atoms. The summed E-state index contributed by atoms with van der Waals surface area (Å²) in [6, 6.07) is 8.39. The van der Waals surface area contributed by atoms with Crippen molar-refractivity contribution in [3.05, 3.63) is 35.4 Å². The van der Waals surface area contributed by atoms with Crippen LogP contribution in [0.2, 0.25) is 0 Å². The smallest absolute Gasteiger partial charge is 0.254 e. The van der Waals surface area contributed by atoms with Crippen LogP contribution in [0.15, 0.2) is 24.3 Å². The maximum atomic E-state index is 13.0. The van der Waals surface area contributed by atoms with Crippen molar-refractivity contribution in [2.45, 2.75) is 57.7 Å². The molecule has 1 amide bonds. The lowest BCUT2D eigenvalue weighted by Gasteiger charge is -2.38. The molecule has 1 aromatic carbocycles. The maximum absolute atomic E-state index is 13.0. The average molecular weight is 388 g/mol. The van der Waals surface area contributed by atoms with E-state index in [1.807, 2.05) is 24.0 Å². The number of nitrogens with two attached hydrogens (primary N) is 1. The molecule has 2 fully saturated rings. The van der Waals surface area contributed by atoms with Crippen LogP contribution in [0.1, 0.15) is 54.9 Å². The van der Waals surface area contributed by atoms with E-state index in [2.05, 4.69) is 17.0 Å². The molecule has 2 aliphatic rings. The van der Waals surface area contributed by atoms with Crippen LogP contribution in [-0.2, 0) is 6.54 Å². The van der Waals surface area contributed by atoms with Crippen LogP contribution in [0.4, 0.5) is 0 Å². The van der Waals surface area contributed by atoms with Gasteiger partial charge in [0, 0.05) is 30.7 Å². The van der Waals surface area contributed by atoms with Crippen LogP contribution in [-0.4, -0.2) is 47.4 Å². The largest absolute Gasteiger partial charge is 0.334 e. The van der Waals surface area contributed by atoms with Gasteiger partial charge in [0.2, 0.25) is 0 Å². The van der Waals surface area contributed by atoms with E-state index in [1.165, 1.54) is 37.9 Å². The Balaban J connectivity index is 0.00000156. The topological polar surface area (TPSA) is 49.6 Å². The van der Waals surface area contributed by atoms with Crippen LogP contribution in [0.3, 0.4) is 0 Å². The Hall–Kier alpha value is -0.810. The first kappa shape index (κ1) is 22.2. The molecule has 2 atom stereocenters. The second-order valence-corrected chi connectivity index (χ2v) is 7.10. The predicted molar refractivity (Wildman–Crippen MR) is 108 cm³/mol. The summed E-state index contributed by atoms with van der Waals surface area (Å²) in [5.41, 5.74) is 8.17. The number of likely N-dealkylation sites (tertiary alicyclic amines) is 2. The number of carbonyl (C=O) groups excluding carboxylic acids is 1. The van der Waals surface area contributed by atoms with E-state index in [9.17, 15) is 4.79 Å². The molecule has 0 aromatic heterocycles. The quantitative estimate of drug-likeness (QED) is 0.859. The van der Waals surface area contributed by atoms with Crippen molar-refractivity contribution in [3.63, 3.8) is 0 Å². The molecule has 2 heterocycles. The zero-order chi connectivity index (χ0) is 16.2. The van der Waals surface area contributed by atoms with Crippen LogP contribution < -0.4 is 5.73 Å². The number of carbonyl (C=O) groups is 1. The van der Waals surface area contributed by atoms with Crippen molar-refractivity contribution in [1.82, 2.24) is 9.80 Å². The fraction of sp³-hybridized carbons (Fsp3) is 0.632. The lowest BCUT2D eigenvalue weighted by molar-refractivity contribution is 0.0583. The summed E-state index contributed by atoms with van der Waals surface area (Å²) >= 11 is 0. The Kier molecular flexibility index (Phi) is 9.22. The van der Waals surface area contributed by atoms with Crippen molar-refractivity contribution in [2.75, 3.05) is 19.6 Å². The molecule has 2 saturated heterocycles. The zero-order valence-corrected chi connectivity index (χ0v) is 16.7. The van der Waals surface area contributed by atoms with Gasteiger partial charge < -0.3 is 10.6 Å². The van der Waals surface area contributed by atoms with Gasteiger partial charge in [0.05, 0.1) is 0 Å². The van der Waals surface area contributed by atoms with E-state index in [1.54, 1.807) is 0 Å². The van der Waals surface area contributed by atoms with Crippen LogP contribution in [0.5, 0.6) is 0 Å². The van der Waals surface area contributed by atoms with E-state index in [0.29, 0.717) is 0 Å². The average Bonchev–Trinajstić information content (AvgIpc) is 3.07. The first-order chi connectivity index (χ1) is 11.1. The third kappa shape index (κ3) is 5.58. The molecule has 142 valence electrons. The predicted octanol–water partition coefficient (Wildman–Crippen LogP) is 3.47. The molecule has 1 aromatic rings. The summed E-state index contributed by atoms with van der Waals surface area (Å²) in [5, 5.41) is 0. The Bertz CT molecular complexity index is 547. The third-order valence-electron chi connectivity index (χ3n) is 5.20. The summed E-state index contributed by atoms with van der Waals surface area (Å²) in [5.74, 6) is 0.148. The van der Waals surface area contributed by atoms with Crippen LogP contribution >= 0.6 is 24.8 Å². The number of halogens is 2. The van der Waals surface area contributed by atoms with E-state index < -0.39 is 0 Å². The third-order valence-corrected chi connectivity index (χ3v) is 5.20. The van der Waals surface area contributed by atoms with E-state index in [4.69, 9.17) is 5.73 Å². The minimum atomic E-state index is 0. The Morgan fingerprint density at radius 3 is 2.52 bits per heavy atom. The summed E-state index contributed by atoms with van der Waals surface area (Å²) < 4.78 is 0. The van der Waals surface area contributed by atoms with Gasteiger partial charge in [0.15, 0.2) is 0 Å². The highest BCUT2D eigenvalue weighted by Crippen LogP contribution is 2.22. The Morgan fingerprint density at radius 2 is 1.84 bits per heavy atom. The van der Waals surface area contributed by atoms with Crippen molar-refractivity contribution in [3.8, 4) is 0 Å². The van der Waals surface area contributed by atoms with E-state index in [-0.39, 0.29) is 42.8 Å². The molecule has 2 aliphatic heterocycles. The lowest BCUT2D eigenvalue weighted by atomic mass is 9.95. The van der Waals surface area contributed by atoms with Crippen LogP contribution in [0, 0.1) is 0 Å². The molecule has 0 saturated carbocycles. The normalized spacial score (nSPS) is 22.0. The minimum absolute atomic E-state index is 0. The highest BCUT2D eigenvalue weighted by Gasteiger charge is 2.29. The van der Waals surface area contributed by atoms with Gasteiger partial charge in [-0.25, -0.2) is 0 Å². The number of nitrogens with zero attached hydrogens (tertiary/aromatic N) is 2. The van der Waals surface area contributed by atoms with Gasteiger partial charge in [0.1, 0.15) is 0 Å². The molecule has 2 N–H and O–H groups in total. The fourth-order valence-electron chi connectivity index (χ4n) is 3.92. The molecule has 25 heavy (non-hydrogen) atoms. The SMILES string of the molecule is CC(N)C1CCCCN1C(=O)c1cccc(CN2CCCC2)c1.Cl.Cl. The van der Waals surface area contributed by atoms with Gasteiger partial charge in [-0.3, -0.25) is 9.69 Å². The number of hydrogen-bond donors (Lipinski definition) is 1. The molecule has 0 aliphatic carbocycles. The highest BCUT2D eigenvalue weighted by atomic mass is 35.5. The number of amides is 1. The van der Waals surface area contributed by atoms with E-state index in [0.717, 1.165) is 31.5 Å². The number of piperidine rings is 1. The molecule has 2 unspecified atom stereocenters. The van der Waals surface area contributed by atoms with Gasteiger partial charge in [-0.2, -0.15) is 0 Å². The van der Waals surface area contributed by atoms with Crippen LogP contribution in [0.25, 0.3) is 0 Å². The second kappa shape index (κ2) is 10.4. The monoisotopic (exact) mass is 387 g/mol. The van der Waals surface area contributed by atoms with E-state index >= 15 is 0 Å². The standard InChI is InChI=1S/C19H29N3O.2ClH/c1-15(20)18-9-2-3-12-22(18)19(23)17-8-6-7-16(13-17)14-21-10-4-5-11-21;;/h6-8,13,15,18H,2-5,9-12,14,20H2,1H3;2*1H. The molecule has 0 radical (unpaired) electrons. The molecule has 4 nitrogen and oxygen atoms in total. The molecular weight excluding hydrogens is 357 g/mol. The zero-order valence-electron chi connectivity index (χ0n) is 15.0. The summed E-state index contributed by atoms with van der Waals surface area (Å²) in [6.45, 7) is 6.16. The van der Waals surface area contributed by atoms with Gasteiger partial charge in [-0.05, 0) is 69.8 Å². The fourth-order valence-corrected chi connectivity index (χ4v) is 3.92. The van der Waals surface area contributed by atoms with Crippen molar-refractivity contribution >= 4 is 30.7 Å². The van der Waals surface area contributed by atoms with Crippen molar-refractivity contribution in [2.24, 2.45) is 5.73 Å². The first-order valence-electron chi connectivity index (χ1n) is 9.03. The summed E-state index contributed by atoms with van der Waals surface area (Å²) in [4.78, 5) is 17.4. The Labute approximate surface area is 163 Å². The number of hydrogen-bond acceptors (Lipinski definition) is 3. The Morgan fingerprint density at radius 1 is 1.16 bits per heavy atom. The van der Waals surface area contributed by atoms with Crippen molar-refractivity contribution in [1.29, 1.82) is 0 Å². The molecule has 6 heteroatoms. The first-order valence-corrected chi connectivity index (χ1v) is 9.03. The number of benzene rings is 1. The molecule has 3 rings (SSSR count). The number of rotatable bonds is 4. The van der Waals surface area contributed by atoms with Gasteiger partial charge in [-0.15, -0.1) is 24.8 Å². The minimum Gasteiger partial charge on any atom is -0.334 e. The van der Waals surface area contributed by atoms with Gasteiger partial charge in [0.25, 0.3) is 5.91 Å². The molecule has 0 bridgehead atoms. The van der Waals surface area contributed by atoms with Gasteiger partial charge in [-0.1, -0.05) is 12.1 Å². The maximum Gasteiger partial charge on any atom is 0.254 e. The van der Waals surface area contributed by atoms with Crippen molar-refractivity contribution < 1.29 is 4.79 Å². The summed E-state index contributed by atoms with van der Waals surface area (Å²) in [6.07, 6.45) is 5.87. The molecular formula is C19H31Cl2N3O. The lowest BCUT2D eigenvalue weighted by Crippen LogP contribution is -2.51.